The summed E-state index contributed by atoms with van der Waals surface area (Å²) < 4.78 is 49.3. The normalized spacial score (nSPS) is 17.3. The van der Waals surface area contributed by atoms with Crippen molar-refractivity contribution >= 4 is 39.8 Å². The van der Waals surface area contributed by atoms with E-state index in [4.69, 9.17) is 19.9 Å². The molecule has 17 nitrogen and oxygen atoms in total. The average Bonchev–Trinajstić information content (AvgIpc) is 2.99. The number of carbonyl (C=O) groups is 5. The molecule has 2 amide bonds. The summed E-state index contributed by atoms with van der Waals surface area (Å²) in [5.74, 6) is -4.12. The summed E-state index contributed by atoms with van der Waals surface area (Å²) in [7, 11) is -4.64. The molecule has 2 unspecified atom stereocenters. The molecule has 0 aromatic heterocycles. The number of amides is 2. The highest BCUT2D eigenvalue weighted by Gasteiger charge is 2.34. The Kier molecular flexibility index (Phi) is 17.7. The fraction of sp³-hybridized carbons (Fsp3) is 0.844. The van der Waals surface area contributed by atoms with Crippen LogP contribution in [0.25, 0.3) is 0 Å². The standard InChI is InChI=1S/C32H60N6O11S/c1-30(2,3)47-26(40)20-36-14-15-37(21-27(41)48-31(4,5)6)17-19-38(18-16-36)24(29(43)49-32(7,8)9)10-11-25(39)35-23(22-50(44,45)46)28(42)34-13-12-33/h23-24H,10-22,33H2,1-9H3,(H,34,42)(H,35,39)(H,44,45,46). The summed E-state index contributed by atoms with van der Waals surface area (Å²) in [6.07, 6.45) is -0.391. The molecular formula is C32H60N6O11S. The molecule has 0 saturated carbocycles. The number of nitrogens with two attached hydrogens (primary N) is 1. The molecule has 290 valence electrons. The van der Waals surface area contributed by atoms with Gasteiger partial charge in [0.25, 0.3) is 10.1 Å². The van der Waals surface area contributed by atoms with Gasteiger partial charge in [-0.1, -0.05) is 0 Å². The van der Waals surface area contributed by atoms with Crippen molar-refractivity contribution in [3.8, 4) is 0 Å². The molecule has 0 aliphatic carbocycles. The summed E-state index contributed by atoms with van der Waals surface area (Å²) in [6, 6.07) is -2.58. The molecule has 1 saturated heterocycles. The fourth-order valence-corrected chi connectivity index (χ4v) is 5.62. The zero-order valence-electron chi connectivity index (χ0n) is 31.2. The van der Waals surface area contributed by atoms with Crippen molar-refractivity contribution in [1.29, 1.82) is 0 Å². The molecule has 1 aliphatic rings. The summed E-state index contributed by atoms with van der Waals surface area (Å²) >= 11 is 0. The van der Waals surface area contributed by atoms with Crippen molar-refractivity contribution in [2.45, 2.75) is 104 Å². The highest BCUT2D eigenvalue weighted by molar-refractivity contribution is 7.85. The predicted octanol–water partition coefficient (Wildman–Crippen LogP) is -0.473. The molecule has 50 heavy (non-hydrogen) atoms. The molecule has 0 aromatic rings. The van der Waals surface area contributed by atoms with Crippen LogP contribution in [0, 0.1) is 0 Å². The molecule has 0 spiro atoms. The van der Waals surface area contributed by atoms with Gasteiger partial charge in [-0.3, -0.25) is 43.2 Å². The van der Waals surface area contributed by atoms with Crippen LogP contribution in [-0.4, -0.2) is 157 Å². The number of nitrogens with zero attached hydrogens (tertiary/aromatic N) is 3. The largest absolute Gasteiger partial charge is 0.459 e. The van der Waals surface area contributed by atoms with Gasteiger partial charge in [0.1, 0.15) is 34.6 Å². The highest BCUT2D eigenvalue weighted by atomic mass is 32.2. The van der Waals surface area contributed by atoms with E-state index in [0.717, 1.165) is 0 Å². The fourth-order valence-electron chi connectivity index (χ4n) is 4.96. The third-order valence-corrected chi connectivity index (χ3v) is 7.68. The number of carbonyl (C=O) groups excluding carboxylic acids is 5. The Balaban J connectivity index is 3.34. The maximum atomic E-state index is 13.7. The van der Waals surface area contributed by atoms with E-state index in [2.05, 4.69) is 10.6 Å². The van der Waals surface area contributed by atoms with E-state index in [1.807, 2.05) is 14.7 Å². The maximum absolute atomic E-state index is 13.7. The number of rotatable bonds is 15. The summed E-state index contributed by atoms with van der Waals surface area (Å²) in [5.41, 5.74) is 3.14. The quantitative estimate of drug-likeness (QED) is 0.0947. The second kappa shape index (κ2) is 19.6. The van der Waals surface area contributed by atoms with Crippen LogP contribution in [0.2, 0.25) is 0 Å². The van der Waals surface area contributed by atoms with E-state index in [1.165, 1.54) is 0 Å². The van der Waals surface area contributed by atoms with Gasteiger partial charge in [0, 0.05) is 58.8 Å². The van der Waals surface area contributed by atoms with E-state index in [9.17, 15) is 36.9 Å². The topological polar surface area (TPSA) is 227 Å². The molecule has 1 aliphatic heterocycles. The minimum Gasteiger partial charge on any atom is -0.459 e. The van der Waals surface area contributed by atoms with Gasteiger partial charge in [-0.2, -0.15) is 8.42 Å². The van der Waals surface area contributed by atoms with E-state index in [1.54, 1.807) is 62.3 Å². The Morgan fingerprint density at radius 3 is 1.60 bits per heavy atom. The highest BCUT2D eigenvalue weighted by Crippen LogP contribution is 2.17. The van der Waals surface area contributed by atoms with Gasteiger partial charge >= 0.3 is 17.9 Å². The first-order chi connectivity index (χ1) is 22.8. The molecule has 5 N–H and O–H groups in total. The van der Waals surface area contributed by atoms with Crippen molar-refractivity contribution in [2.75, 3.05) is 71.2 Å². The van der Waals surface area contributed by atoms with Gasteiger partial charge in [0.2, 0.25) is 11.8 Å². The third kappa shape index (κ3) is 20.7. The number of hydrogen-bond acceptors (Lipinski definition) is 14. The molecule has 0 bridgehead atoms. The van der Waals surface area contributed by atoms with Crippen LogP contribution in [0.3, 0.4) is 0 Å². The van der Waals surface area contributed by atoms with Gasteiger partial charge in [-0.25, -0.2) is 0 Å². The van der Waals surface area contributed by atoms with Crippen LogP contribution < -0.4 is 16.4 Å². The average molecular weight is 737 g/mol. The Bertz CT molecular complexity index is 1220. The smallest absolute Gasteiger partial charge is 0.323 e. The maximum Gasteiger partial charge on any atom is 0.323 e. The Morgan fingerprint density at radius 1 is 0.760 bits per heavy atom. The second-order valence-corrected chi connectivity index (χ2v) is 16.8. The van der Waals surface area contributed by atoms with Crippen LogP contribution in [0.5, 0.6) is 0 Å². The molecule has 0 radical (unpaired) electrons. The number of ether oxygens (including phenoxy) is 3. The lowest BCUT2D eigenvalue weighted by molar-refractivity contribution is -0.163. The number of nitrogens with one attached hydrogen (secondary N) is 2. The van der Waals surface area contributed by atoms with E-state index in [0.29, 0.717) is 26.2 Å². The minimum atomic E-state index is -4.64. The van der Waals surface area contributed by atoms with E-state index < -0.39 is 74.5 Å². The summed E-state index contributed by atoms with van der Waals surface area (Å²) in [4.78, 5) is 70.4. The summed E-state index contributed by atoms with van der Waals surface area (Å²) in [6.45, 7) is 17.8. The van der Waals surface area contributed by atoms with Gasteiger partial charge in [0.05, 0.1) is 13.1 Å². The Morgan fingerprint density at radius 2 is 1.20 bits per heavy atom. The molecule has 1 heterocycles. The molecule has 2 atom stereocenters. The minimum absolute atomic E-state index is 0.0161. The van der Waals surface area contributed by atoms with Crippen molar-refractivity contribution in [3.63, 3.8) is 0 Å². The van der Waals surface area contributed by atoms with Crippen LogP contribution >= 0.6 is 0 Å². The number of hydrogen-bond donors (Lipinski definition) is 4. The first kappa shape index (κ1) is 45.1. The zero-order chi connectivity index (χ0) is 38.5. The molecule has 0 aromatic carbocycles. The zero-order valence-corrected chi connectivity index (χ0v) is 32.0. The van der Waals surface area contributed by atoms with Crippen molar-refractivity contribution in [2.24, 2.45) is 5.73 Å². The molecule has 1 fully saturated rings. The van der Waals surface area contributed by atoms with Crippen LogP contribution in [0.4, 0.5) is 0 Å². The van der Waals surface area contributed by atoms with Crippen LogP contribution in [0.1, 0.15) is 75.2 Å². The Hall–Kier alpha value is -2.90. The van der Waals surface area contributed by atoms with E-state index in [-0.39, 0.29) is 52.1 Å². The van der Waals surface area contributed by atoms with Crippen LogP contribution in [0.15, 0.2) is 0 Å². The van der Waals surface area contributed by atoms with Crippen molar-refractivity contribution in [1.82, 2.24) is 25.3 Å². The van der Waals surface area contributed by atoms with Crippen LogP contribution in [-0.2, 0) is 48.3 Å². The molecule has 18 heteroatoms. The third-order valence-electron chi connectivity index (χ3n) is 6.92. The first-order valence-electron chi connectivity index (χ1n) is 16.8. The van der Waals surface area contributed by atoms with E-state index >= 15 is 0 Å². The summed E-state index contributed by atoms with van der Waals surface area (Å²) in [5, 5.41) is 4.72. The lowest BCUT2D eigenvalue weighted by Gasteiger charge is -2.34. The predicted molar refractivity (Wildman–Crippen MR) is 185 cm³/mol. The van der Waals surface area contributed by atoms with Crippen molar-refractivity contribution < 1.29 is 51.2 Å². The van der Waals surface area contributed by atoms with Gasteiger partial charge in [-0.15, -0.1) is 0 Å². The Labute approximate surface area is 297 Å². The number of esters is 3. The molecular weight excluding hydrogens is 676 g/mol. The van der Waals surface area contributed by atoms with Gasteiger partial charge in [-0.05, 0) is 68.7 Å². The molecule has 1 rings (SSSR count). The van der Waals surface area contributed by atoms with Gasteiger partial charge in [0.15, 0.2) is 0 Å². The first-order valence-corrected chi connectivity index (χ1v) is 18.5. The monoisotopic (exact) mass is 736 g/mol. The lowest BCUT2D eigenvalue weighted by atomic mass is 10.1. The van der Waals surface area contributed by atoms with Crippen molar-refractivity contribution in [3.05, 3.63) is 0 Å². The second-order valence-electron chi connectivity index (χ2n) is 15.3. The van der Waals surface area contributed by atoms with Gasteiger partial charge < -0.3 is 30.6 Å². The SMILES string of the molecule is CC(C)(C)OC(=O)CN1CCN(CC(=O)OC(C)(C)C)CCN(C(CCC(=O)NC(CS(=O)(=O)O)C(=O)NCCN)C(=O)OC(C)(C)C)CC1. The lowest BCUT2D eigenvalue weighted by Crippen LogP contribution is -2.52.